The van der Waals surface area contributed by atoms with Crippen LogP contribution in [0.4, 0.5) is 24.5 Å². The van der Waals surface area contributed by atoms with Gasteiger partial charge in [0.1, 0.15) is 5.82 Å². The van der Waals surface area contributed by atoms with E-state index >= 15 is 0 Å². The summed E-state index contributed by atoms with van der Waals surface area (Å²) in [6.07, 6.45) is 0. The minimum atomic E-state index is -1.27. The summed E-state index contributed by atoms with van der Waals surface area (Å²) in [6.45, 7) is 1.62. The quantitative estimate of drug-likeness (QED) is 0.840. The molecule has 0 atom stereocenters. The highest BCUT2D eigenvalue weighted by atomic mass is 19.2. The van der Waals surface area contributed by atoms with Crippen molar-refractivity contribution in [2.45, 2.75) is 6.92 Å². The van der Waals surface area contributed by atoms with Crippen molar-refractivity contribution in [3.8, 4) is 0 Å². The lowest BCUT2D eigenvalue weighted by molar-refractivity contribution is 0.0697. The second kappa shape index (κ2) is 5.24. The van der Waals surface area contributed by atoms with E-state index in [-0.39, 0.29) is 11.3 Å². The highest BCUT2D eigenvalue weighted by Gasteiger charge is 2.11. The molecule has 104 valence electrons. The van der Waals surface area contributed by atoms with Crippen LogP contribution in [0.15, 0.2) is 30.3 Å². The van der Waals surface area contributed by atoms with Gasteiger partial charge in [-0.2, -0.15) is 0 Å². The van der Waals surface area contributed by atoms with Gasteiger partial charge in [0.05, 0.1) is 11.3 Å². The number of hydrogen-bond donors (Lipinski definition) is 2. The van der Waals surface area contributed by atoms with Gasteiger partial charge in [-0.15, -0.1) is 0 Å². The third kappa shape index (κ3) is 2.74. The molecule has 0 bridgehead atoms. The first kappa shape index (κ1) is 13.9. The number of carboxylic acid groups (broad SMARTS) is 1. The highest BCUT2D eigenvalue weighted by Crippen LogP contribution is 2.25. The molecule has 2 N–H and O–H groups in total. The molecule has 0 aliphatic carbocycles. The zero-order valence-electron chi connectivity index (χ0n) is 10.4. The van der Waals surface area contributed by atoms with Gasteiger partial charge >= 0.3 is 5.97 Å². The van der Waals surface area contributed by atoms with E-state index in [1.807, 2.05) is 0 Å². The molecule has 0 amide bonds. The van der Waals surface area contributed by atoms with Crippen molar-refractivity contribution in [1.82, 2.24) is 0 Å². The Kier molecular flexibility index (Phi) is 3.65. The van der Waals surface area contributed by atoms with Crippen LogP contribution in [0.5, 0.6) is 0 Å². The number of anilines is 2. The second-order valence-corrected chi connectivity index (χ2v) is 4.21. The van der Waals surface area contributed by atoms with Gasteiger partial charge < -0.3 is 10.4 Å². The summed E-state index contributed by atoms with van der Waals surface area (Å²) >= 11 is 0. The summed E-state index contributed by atoms with van der Waals surface area (Å²) < 4.78 is 39.4. The fraction of sp³-hybridized carbons (Fsp3) is 0.0714. The van der Waals surface area contributed by atoms with Crippen molar-refractivity contribution in [2.24, 2.45) is 0 Å². The number of carboxylic acids is 1. The van der Waals surface area contributed by atoms with E-state index in [0.29, 0.717) is 23.4 Å². The third-order valence-corrected chi connectivity index (χ3v) is 2.75. The van der Waals surface area contributed by atoms with Crippen LogP contribution in [0.1, 0.15) is 15.9 Å². The molecule has 0 saturated carbocycles. The summed E-state index contributed by atoms with van der Waals surface area (Å²) in [6, 6.07) is 5.30. The first-order valence-electron chi connectivity index (χ1n) is 5.64. The lowest BCUT2D eigenvalue weighted by atomic mass is 10.1. The van der Waals surface area contributed by atoms with Crippen molar-refractivity contribution in [1.29, 1.82) is 0 Å². The lowest BCUT2D eigenvalue weighted by Gasteiger charge is -2.11. The van der Waals surface area contributed by atoms with Gasteiger partial charge in [-0.05, 0) is 30.7 Å². The van der Waals surface area contributed by atoms with Crippen LogP contribution >= 0.6 is 0 Å². The number of rotatable bonds is 3. The molecule has 6 heteroatoms. The average molecular weight is 281 g/mol. The average Bonchev–Trinajstić information content (AvgIpc) is 2.37. The number of aryl methyl sites for hydroxylation is 1. The Hall–Kier alpha value is -2.50. The molecule has 0 heterocycles. The van der Waals surface area contributed by atoms with Crippen LogP contribution in [0.25, 0.3) is 0 Å². The van der Waals surface area contributed by atoms with Gasteiger partial charge in [0.15, 0.2) is 11.6 Å². The Bertz CT molecular complexity index is 686. The van der Waals surface area contributed by atoms with Crippen molar-refractivity contribution < 1.29 is 23.1 Å². The van der Waals surface area contributed by atoms with E-state index in [2.05, 4.69) is 5.32 Å². The molecule has 2 aromatic carbocycles. The topological polar surface area (TPSA) is 49.3 Å². The van der Waals surface area contributed by atoms with Gasteiger partial charge in [-0.3, -0.25) is 0 Å². The second-order valence-electron chi connectivity index (χ2n) is 4.21. The van der Waals surface area contributed by atoms with E-state index in [9.17, 15) is 18.0 Å². The number of hydrogen-bond acceptors (Lipinski definition) is 2. The van der Waals surface area contributed by atoms with Crippen LogP contribution in [0, 0.1) is 24.4 Å². The largest absolute Gasteiger partial charge is 0.478 e. The molecule has 0 aromatic heterocycles. The summed E-state index contributed by atoms with van der Waals surface area (Å²) in [5.74, 6) is -4.47. The summed E-state index contributed by atoms with van der Waals surface area (Å²) in [5.41, 5.74) is 0.794. The molecule has 0 aliphatic heterocycles. The molecule has 0 radical (unpaired) electrons. The fourth-order valence-corrected chi connectivity index (χ4v) is 1.70. The Morgan fingerprint density at radius 2 is 1.65 bits per heavy atom. The molecular formula is C14H10F3NO2. The Labute approximate surface area is 112 Å². The number of carbonyl (C=O) groups is 1. The van der Waals surface area contributed by atoms with Crippen LogP contribution in [0.3, 0.4) is 0 Å². The molecule has 0 spiro atoms. The summed E-state index contributed by atoms with van der Waals surface area (Å²) in [5, 5.41) is 11.4. The SMILES string of the molecule is Cc1cc(C(=O)O)ccc1Nc1cc(F)c(F)cc1F. The van der Waals surface area contributed by atoms with Crippen molar-refractivity contribution in [3.05, 3.63) is 58.9 Å². The van der Waals surface area contributed by atoms with Gasteiger partial charge in [0.2, 0.25) is 0 Å². The van der Waals surface area contributed by atoms with Crippen LogP contribution in [-0.4, -0.2) is 11.1 Å². The van der Waals surface area contributed by atoms with Gasteiger partial charge in [0.25, 0.3) is 0 Å². The van der Waals surface area contributed by atoms with Crippen LogP contribution < -0.4 is 5.32 Å². The maximum atomic E-state index is 13.5. The van der Waals surface area contributed by atoms with Crippen molar-refractivity contribution in [3.63, 3.8) is 0 Å². The van der Waals surface area contributed by atoms with Crippen molar-refractivity contribution >= 4 is 17.3 Å². The number of halogens is 3. The molecule has 0 fully saturated rings. The highest BCUT2D eigenvalue weighted by molar-refractivity contribution is 5.88. The molecule has 0 unspecified atom stereocenters. The minimum Gasteiger partial charge on any atom is -0.478 e. The van der Waals surface area contributed by atoms with E-state index in [0.717, 1.165) is 0 Å². The normalized spacial score (nSPS) is 10.4. The van der Waals surface area contributed by atoms with E-state index in [1.54, 1.807) is 6.92 Å². The van der Waals surface area contributed by atoms with Crippen LogP contribution in [-0.2, 0) is 0 Å². The molecule has 2 aromatic rings. The van der Waals surface area contributed by atoms with Gasteiger partial charge in [0, 0.05) is 17.8 Å². The standard InChI is InChI=1S/C14H10F3NO2/c1-7-4-8(14(19)20)2-3-12(7)18-13-6-10(16)9(15)5-11(13)17/h2-6,18H,1H3,(H,19,20). The first-order valence-corrected chi connectivity index (χ1v) is 5.64. The maximum Gasteiger partial charge on any atom is 0.335 e. The zero-order chi connectivity index (χ0) is 14.9. The molecule has 0 aliphatic rings. The predicted octanol–water partition coefficient (Wildman–Crippen LogP) is 3.85. The van der Waals surface area contributed by atoms with Gasteiger partial charge in [-0.1, -0.05) is 0 Å². The smallest absolute Gasteiger partial charge is 0.335 e. The molecule has 3 nitrogen and oxygen atoms in total. The predicted molar refractivity (Wildman–Crippen MR) is 67.7 cm³/mol. The maximum absolute atomic E-state index is 13.5. The Morgan fingerprint density at radius 3 is 2.25 bits per heavy atom. The van der Waals surface area contributed by atoms with Crippen molar-refractivity contribution in [2.75, 3.05) is 5.32 Å². The molecule has 0 saturated heterocycles. The molecular weight excluding hydrogens is 271 g/mol. The molecule has 2 rings (SSSR count). The number of benzene rings is 2. The third-order valence-electron chi connectivity index (χ3n) is 2.75. The lowest BCUT2D eigenvalue weighted by Crippen LogP contribution is -2.01. The first-order chi connectivity index (χ1) is 9.38. The monoisotopic (exact) mass is 281 g/mol. The fourth-order valence-electron chi connectivity index (χ4n) is 1.70. The van der Waals surface area contributed by atoms with E-state index in [4.69, 9.17) is 5.11 Å². The zero-order valence-corrected chi connectivity index (χ0v) is 10.4. The van der Waals surface area contributed by atoms with Gasteiger partial charge in [-0.25, -0.2) is 18.0 Å². The van der Waals surface area contributed by atoms with E-state index in [1.165, 1.54) is 18.2 Å². The summed E-state index contributed by atoms with van der Waals surface area (Å²) in [7, 11) is 0. The Balaban J connectivity index is 2.35. The summed E-state index contributed by atoms with van der Waals surface area (Å²) in [4.78, 5) is 10.8. The Morgan fingerprint density at radius 1 is 1.00 bits per heavy atom. The van der Waals surface area contributed by atoms with Crippen LogP contribution in [0.2, 0.25) is 0 Å². The minimum absolute atomic E-state index is 0.0822. The number of nitrogens with one attached hydrogen (secondary N) is 1. The van der Waals surface area contributed by atoms with E-state index < -0.39 is 23.4 Å². The molecule has 20 heavy (non-hydrogen) atoms. The number of aromatic carboxylic acids is 1.